The maximum atomic E-state index is 12.9. The Morgan fingerprint density at radius 1 is 1.24 bits per heavy atom. The predicted octanol–water partition coefficient (Wildman–Crippen LogP) is 3.24. The lowest BCUT2D eigenvalue weighted by Crippen LogP contribution is -2.24. The zero-order chi connectivity index (χ0) is 15.1. The summed E-state index contributed by atoms with van der Waals surface area (Å²) >= 11 is 0. The van der Waals surface area contributed by atoms with Crippen LogP contribution in [-0.4, -0.2) is 25.7 Å². The number of hydrogen-bond acceptors (Lipinski definition) is 3. The average molecular weight is 291 g/mol. The van der Waals surface area contributed by atoms with Gasteiger partial charge in [-0.1, -0.05) is 0 Å². The van der Waals surface area contributed by atoms with Crippen molar-refractivity contribution in [1.29, 1.82) is 0 Å². The molecule has 5 heteroatoms. The zero-order valence-corrected chi connectivity index (χ0v) is 11.9. The first-order valence-electron chi connectivity index (χ1n) is 6.92. The van der Waals surface area contributed by atoms with Gasteiger partial charge in [-0.2, -0.15) is 0 Å². The maximum Gasteiger partial charge on any atom is 0.287 e. The van der Waals surface area contributed by atoms with Gasteiger partial charge < -0.3 is 14.5 Å². The van der Waals surface area contributed by atoms with Crippen molar-refractivity contribution in [3.05, 3.63) is 48.0 Å². The Hall–Kier alpha value is -2.14. The van der Waals surface area contributed by atoms with Crippen molar-refractivity contribution >= 4 is 5.91 Å². The number of hydrogen-bond donors (Lipinski definition) is 1. The lowest BCUT2D eigenvalue weighted by Gasteiger charge is -2.03. The van der Waals surface area contributed by atoms with E-state index < -0.39 is 0 Å². The highest BCUT2D eigenvalue weighted by Crippen LogP contribution is 2.22. The third kappa shape index (κ3) is 4.43. The highest BCUT2D eigenvalue weighted by Gasteiger charge is 2.11. The Labute approximate surface area is 122 Å². The van der Waals surface area contributed by atoms with Crippen LogP contribution in [0.1, 0.15) is 23.9 Å². The van der Waals surface area contributed by atoms with Crippen LogP contribution >= 0.6 is 0 Å². The third-order valence-corrected chi connectivity index (χ3v) is 2.91. The Morgan fingerprint density at radius 3 is 2.71 bits per heavy atom. The molecular formula is C16H18FNO3. The summed E-state index contributed by atoms with van der Waals surface area (Å²) in [5, 5.41) is 2.76. The summed E-state index contributed by atoms with van der Waals surface area (Å²) in [5.74, 6) is 0.206. The van der Waals surface area contributed by atoms with Gasteiger partial charge in [0.05, 0.1) is 0 Å². The fourth-order valence-corrected chi connectivity index (χ4v) is 1.84. The number of amides is 1. The van der Waals surface area contributed by atoms with Crippen LogP contribution in [0.2, 0.25) is 0 Å². The van der Waals surface area contributed by atoms with Crippen molar-refractivity contribution in [2.75, 3.05) is 19.8 Å². The standard InChI is InChI=1S/C16H18FNO3/c1-2-20-11-3-10-18-16(19)15-9-8-14(21-15)12-4-6-13(17)7-5-12/h4-9H,2-3,10-11H2,1H3,(H,18,19). The summed E-state index contributed by atoms with van der Waals surface area (Å²) < 4.78 is 23.5. The molecule has 1 aromatic carbocycles. The van der Waals surface area contributed by atoms with Crippen molar-refractivity contribution in [3.63, 3.8) is 0 Å². The molecule has 2 aromatic rings. The van der Waals surface area contributed by atoms with Crippen LogP contribution in [0.25, 0.3) is 11.3 Å². The van der Waals surface area contributed by atoms with E-state index in [0.29, 0.717) is 25.5 Å². The Bertz CT molecular complexity index is 577. The highest BCUT2D eigenvalue weighted by atomic mass is 19.1. The number of furan rings is 1. The van der Waals surface area contributed by atoms with Crippen molar-refractivity contribution in [3.8, 4) is 11.3 Å². The maximum absolute atomic E-state index is 12.9. The molecule has 112 valence electrons. The molecule has 0 fully saturated rings. The third-order valence-electron chi connectivity index (χ3n) is 2.91. The van der Waals surface area contributed by atoms with E-state index in [4.69, 9.17) is 9.15 Å². The number of ether oxygens (including phenoxy) is 1. The van der Waals surface area contributed by atoms with Gasteiger partial charge in [-0.25, -0.2) is 4.39 Å². The van der Waals surface area contributed by atoms with E-state index in [1.54, 1.807) is 24.3 Å². The minimum Gasteiger partial charge on any atom is -0.451 e. The van der Waals surface area contributed by atoms with Crippen LogP contribution in [0, 0.1) is 5.82 Å². The smallest absolute Gasteiger partial charge is 0.287 e. The number of halogens is 1. The van der Waals surface area contributed by atoms with Crippen molar-refractivity contribution in [2.24, 2.45) is 0 Å². The first-order valence-corrected chi connectivity index (χ1v) is 6.92. The molecule has 0 atom stereocenters. The van der Waals surface area contributed by atoms with Gasteiger partial charge in [0.25, 0.3) is 5.91 Å². The van der Waals surface area contributed by atoms with Gasteiger partial charge in [0.1, 0.15) is 11.6 Å². The summed E-state index contributed by atoms with van der Waals surface area (Å²) in [6, 6.07) is 9.23. The summed E-state index contributed by atoms with van der Waals surface area (Å²) in [6.45, 7) is 3.76. The van der Waals surface area contributed by atoms with Gasteiger partial charge in [0, 0.05) is 25.3 Å². The van der Waals surface area contributed by atoms with Gasteiger partial charge in [-0.3, -0.25) is 4.79 Å². The van der Waals surface area contributed by atoms with Crippen molar-refractivity contribution in [1.82, 2.24) is 5.32 Å². The van der Waals surface area contributed by atoms with Gasteiger partial charge in [-0.15, -0.1) is 0 Å². The number of rotatable bonds is 7. The second kappa shape index (κ2) is 7.59. The predicted molar refractivity (Wildman–Crippen MR) is 77.5 cm³/mol. The average Bonchev–Trinajstić information content (AvgIpc) is 2.97. The van der Waals surface area contributed by atoms with E-state index in [1.165, 1.54) is 12.1 Å². The fourth-order valence-electron chi connectivity index (χ4n) is 1.84. The van der Waals surface area contributed by atoms with Crippen LogP contribution in [0.5, 0.6) is 0 Å². The molecule has 1 N–H and O–H groups in total. The van der Waals surface area contributed by atoms with E-state index in [9.17, 15) is 9.18 Å². The van der Waals surface area contributed by atoms with Crippen LogP contribution in [0.15, 0.2) is 40.8 Å². The molecule has 0 radical (unpaired) electrons. The van der Waals surface area contributed by atoms with Gasteiger partial charge in [-0.05, 0) is 49.7 Å². The lowest BCUT2D eigenvalue weighted by molar-refractivity contribution is 0.0917. The van der Waals surface area contributed by atoms with Crippen LogP contribution < -0.4 is 5.32 Å². The topological polar surface area (TPSA) is 51.5 Å². The number of carbonyl (C=O) groups excluding carboxylic acids is 1. The molecule has 21 heavy (non-hydrogen) atoms. The molecule has 2 rings (SSSR count). The number of carbonyl (C=O) groups is 1. The largest absolute Gasteiger partial charge is 0.451 e. The molecule has 0 unspecified atom stereocenters. The second-order valence-electron chi connectivity index (χ2n) is 4.48. The molecule has 1 amide bonds. The van der Waals surface area contributed by atoms with Crippen LogP contribution in [-0.2, 0) is 4.74 Å². The van der Waals surface area contributed by atoms with E-state index in [-0.39, 0.29) is 17.5 Å². The van der Waals surface area contributed by atoms with Gasteiger partial charge in [0.15, 0.2) is 5.76 Å². The molecule has 0 bridgehead atoms. The SMILES string of the molecule is CCOCCCNC(=O)c1ccc(-c2ccc(F)cc2)o1. The molecule has 1 aromatic heterocycles. The molecule has 1 heterocycles. The number of benzene rings is 1. The van der Waals surface area contributed by atoms with E-state index in [1.807, 2.05) is 6.92 Å². The van der Waals surface area contributed by atoms with E-state index in [0.717, 1.165) is 12.0 Å². The first kappa shape index (κ1) is 15.3. The monoisotopic (exact) mass is 291 g/mol. The van der Waals surface area contributed by atoms with Crippen LogP contribution in [0.3, 0.4) is 0 Å². The quantitative estimate of drug-likeness (QED) is 0.797. The fraction of sp³-hybridized carbons (Fsp3) is 0.312. The second-order valence-corrected chi connectivity index (χ2v) is 4.48. The molecule has 0 aliphatic heterocycles. The molecule has 0 spiro atoms. The minimum absolute atomic E-state index is 0.241. The molecule has 0 aliphatic carbocycles. The van der Waals surface area contributed by atoms with E-state index >= 15 is 0 Å². The summed E-state index contributed by atoms with van der Waals surface area (Å²) in [5.41, 5.74) is 0.729. The zero-order valence-electron chi connectivity index (χ0n) is 11.9. The summed E-state index contributed by atoms with van der Waals surface area (Å²) in [7, 11) is 0. The molecule has 0 saturated heterocycles. The lowest BCUT2D eigenvalue weighted by atomic mass is 10.2. The number of nitrogens with one attached hydrogen (secondary N) is 1. The Morgan fingerprint density at radius 2 is 2.00 bits per heavy atom. The van der Waals surface area contributed by atoms with Crippen molar-refractivity contribution in [2.45, 2.75) is 13.3 Å². The van der Waals surface area contributed by atoms with Gasteiger partial charge in [0.2, 0.25) is 0 Å². The highest BCUT2D eigenvalue weighted by molar-refractivity contribution is 5.92. The molecule has 0 aliphatic rings. The minimum atomic E-state index is -0.308. The summed E-state index contributed by atoms with van der Waals surface area (Å²) in [6.07, 6.45) is 0.755. The normalized spacial score (nSPS) is 10.6. The Balaban J connectivity index is 1.90. The molecule has 4 nitrogen and oxygen atoms in total. The molecule has 0 saturated carbocycles. The van der Waals surface area contributed by atoms with Gasteiger partial charge >= 0.3 is 0 Å². The summed E-state index contributed by atoms with van der Waals surface area (Å²) in [4.78, 5) is 11.9. The van der Waals surface area contributed by atoms with E-state index in [2.05, 4.69) is 5.32 Å². The Kier molecular flexibility index (Phi) is 5.51. The van der Waals surface area contributed by atoms with Crippen LogP contribution in [0.4, 0.5) is 4.39 Å². The first-order chi connectivity index (χ1) is 10.2. The van der Waals surface area contributed by atoms with Crippen molar-refractivity contribution < 1.29 is 18.3 Å². The molecular weight excluding hydrogens is 273 g/mol.